The van der Waals surface area contributed by atoms with Crippen molar-refractivity contribution >= 4 is 40.9 Å². The molecule has 0 spiro atoms. The van der Waals surface area contributed by atoms with Crippen LogP contribution < -0.4 is 14.8 Å². The Kier molecular flexibility index (Phi) is 7.23. The highest BCUT2D eigenvalue weighted by molar-refractivity contribution is 7.98. The Bertz CT molecular complexity index is 1290. The molecule has 2 amide bonds. The van der Waals surface area contributed by atoms with Crippen LogP contribution in [0.15, 0.2) is 59.5 Å². The molecule has 2 atom stereocenters. The summed E-state index contributed by atoms with van der Waals surface area (Å²) in [5, 5.41) is 2.90. The highest BCUT2D eigenvalue weighted by atomic mass is 35.5. The molecule has 0 saturated carbocycles. The average molecular weight is 515 g/mol. The third-order valence-corrected chi connectivity index (χ3v) is 7.16. The highest BCUT2D eigenvalue weighted by Gasteiger charge is 2.43. The van der Waals surface area contributed by atoms with Crippen LogP contribution in [-0.2, 0) is 4.79 Å². The molecule has 0 aliphatic carbocycles. The monoisotopic (exact) mass is 514 g/mol. The summed E-state index contributed by atoms with van der Waals surface area (Å²) < 4.78 is 24.4. The highest BCUT2D eigenvalue weighted by Crippen LogP contribution is 2.46. The van der Waals surface area contributed by atoms with Gasteiger partial charge in [0.1, 0.15) is 5.82 Å². The number of rotatable bonds is 6. The largest absolute Gasteiger partial charge is 0.493 e. The van der Waals surface area contributed by atoms with Gasteiger partial charge in [-0.1, -0.05) is 23.7 Å². The van der Waals surface area contributed by atoms with Gasteiger partial charge in [0.15, 0.2) is 11.5 Å². The van der Waals surface area contributed by atoms with Gasteiger partial charge in [0.2, 0.25) is 5.91 Å². The topological polar surface area (TPSA) is 67.9 Å². The van der Waals surface area contributed by atoms with Crippen LogP contribution in [0.25, 0.3) is 0 Å². The second-order valence-corrected chi connectivity index (χ2v) is 9.31. The summed E-state index contributed by atoms with van der Waals surface area (Å²) in [7, 11) is 4.64. The Labute approximate surface area is 212 Å². The van der Waals surface area contributed by atoms with Crippen LogP contribution in [0.1, 0.15) is 33.4 Å². The molecule has 4 rings (SSSR count). The Balaban J connectivity index is 1.87. The Morgan fingerprint density at radius 1 is 1.06 bits per heavy atom. The van der Waals surface area contributed by atoms with Gasteiger partial charge >= 0.3 is 0 Å². The molecule has 6 nitrogen and oxygen atoms in total. The number of carbonyl (C=O) groups is 2. The van der Waals surface area contributed by atoms with Crippen LogP contribution in [0.4, 0.5) is 10.1 Å². The van der Waals surface area contributed by atoms with Crippen molar-refractivity contribution in [3.63, 3.8) is 0 Å². The minimum absolute atomic E-state index is 0.0759. The SMILES string of the molecule is COc1cc2c(cc1OC)[C@H](C(=O)Nc1ccc(F)cc1Cl)[C@H](c1ccc(SC)cc1)N(C)C2=O. The van der Waals surface area contributed by atoms with Crippen molar-refractivity contribution in [3.05, 3.63) is 82.1 Å². The molecular weight excluding hydrogens is 491 g/mol. The smallest absolute Gasteiger partial charge is 0.254 e. The Morgan fingerprint density at radius 2 is 1.71 bits per heavy atom. The quantitative estimate of drug-likeness (QED) is 0.423. The van der Waals surface area contributed by atoms with Gasteiger partial charge in [-0.15, -0.1) is 11.8 Å². The van der Waals surface area contributed by atoms with Crippen LogP contribution >= 0.6 is 23.4 Å². The van der Waals surface area contributed by atoms with Crippen LogP contribution in [0.5, 0.6) is 11.5 Å². The Hall–Kier alpha value is -3.23. The summed E-state index contributed by atoms with van der Waals surface area (Å²) in [5.74, 6) is -1.18. The van der Waals surface area contributed by atoms with E-state index in [9.17, 15) is 14.0 Å². The number of hydrogen-bond acceptors (Lipinski definition) is 5. The van der Waals surface area contributed by atoms with Crippen molar-refractivity contribution in [2.45, 2.75) is 16.9 Å². The normalized spacial score (nSPS) is 17.1. The molecule has 35 heavy (non-hydrogen) atoms. The maximum Gasteiger partial charge on any atom is 0.254 e. The van der Waals surface area contributed by atoms with Crippen LogP contribution in [0.2, 0.25) is 5.02 Å². The first-order chi connectivity index (χ1) is 16.8. The number of hydrogen-bond donors (Lipinski definition) is 1. The van der Waals surface area contributed by atoms with Gasteiger partial charge in [-0.2, -0.15) is 0 Å². The Morgan fingerprint density at radius 3 is 2.31 bits per heavy atom. The van der Waals surface area contributed by atoms with Gasteiger partial charge < -0.3 is 19.7 Å². The number of methoxy groups -OCH3 is 2. The molecule has 0 fully saturated rings. The molecule has 0 aromatic heterocycles. The predicted molar refractivity (Wildman–Crippen MR) is 135 cm³/mol. The molecule has 1 heterocycles. The number of ether oxygens (including phenoxy) is 2. The minimum atomic E-state index is -0.811. The number of halogens is 2. The maximum absolute atomic E-state index is 13.8. The van der Waals surface area contributed by atoms with Gasteiger partial charge in [0, 0.05) is 17.5 Å². The molecule has 3 aromatic carbocycles. The van der Waals surface area contributed by atoms with E-state index in [1.165, 1.54) is 26.4 Å². The van der Waals surface area contributed by atoms with Gasteiger partial charge in [-0.3, -0.25) is 9.59 Å². The van der Waals surface area contributed by atoms with Crippen LogP contribution in [0.3, 0.4) is 0 Å². The number of thioether (sulfide) groups is 1. The summed E-state index contributed by atoms with van der Waals surface area (Å²) in [6.45, 7) is 0. The van der Waals surface area contributed by atoms with E-state index in [1.54, 1.807) is 35.8 Å². The summed E-state index contributed by atoms with van der Waals surface area (Å²) >= 11 is 7.78. The average Bonchev–Trinajstić information content (AvgIpc) is 2.86. The summed E-state index contributed by atoms with van der Waals surface area (Å²) in [6.07, 6.45) is 1.98. The first-order valence-electron chi connectivity index (χ1n) is 10.7. The van der Waals surface area contributed by atoms with Gasteiger partial charge in [0.25, 0.3) is 5.91 Å². The molecule has 1 N–H and O–H groups in total. The van der Waals surface area contributed by atoms with Crippen LogP contribution in [0, 0.1) is 5.82 Å². The molecule has 1 aliphatic rings. The number of likely N-dealkylation sites (N-methyl/N-ethyl adjacent to an activating group) is 1. The first-order valence-corrected chi connectivity index (χ1v) is 12.3. The van der Waals surface area contributed by atoms with E-state index in [0.717, 1.165) is 16.5 Å². The lowest BCUT2D eigenvalue weighted by atomic mass is 9.79. The number of amides is 2. The molecular formula is C26H24ClFN2O4S. The fourth-order valence-electron chi connectivity index (χ4n) is 4.35. The lowest BCUT2D eigenvalue weighted by Crippen LogP contribution is -2.44. The number of fused-ring (bicyclic) bond motifs is 1. The number of anilines is 1. The summed E-state index contributed by atoms with van der Waals surface area (Å²) in [5.41, 5.74) is 1.91. The van der Waals surface area contributed by atoms with Crippen molar-refractivity contribution < 1.29 is 23.5 Å². The van der Waals surface area contributed by atoms with Crippen molar-refractivity contribution in [2.75, 3.05) is 32.8 Å². The van der Waals surface area contributed by atoms with Crippen molar-refractivity contribution in [3.8, 4) is 11.5 Å². The molecule has 0 radical (unpaired) electrons. The van der Waals surface area contributed by atoms with Gasteiger partial charge in [-0.05, 0) is 59.8 Å². The molecule has 9 heteroatoms. The fraction of sp³-hybridized carbons (Fsp3) is 0.231. The number of nitrogens with zero attached hydrogens (tertiary/aromatic N) is 1. The van der Waals surface area contributed by atoms with Crippen molar-refractivity contribution in [1.82, 2.24) is 4.90 Å². The van der Waals surface area contributed by atoms with Gasteiger partial charge in [0.05, 0.1) is 36.9 Å². The molecule has 0 bridgehead atoms. The minimum Gasteiger partial charge on any atom is -0.493 e. The van der Waals surface area contributed by atoms with E-state index < -0.39 is 23.7 Å². The lowest BCUT2D eigenvalue weighted by Gasteiger charge is -2.40. The van der Waals surface area contributed by atoms with E-state index in [-0.39, 0.29) is 16.6 Å². The zero-order valence-corrected chi connectivity index (χ0v) is 21.2. The van der Waals surface area contributed by atoms with E-state index in [0.29, 0.717) is 22.6 Å². The maximum atomic E-state index is 13.8. The summed E-state index contributed by atoms with van der Waals surface area (Å²) in [4.78, 5) is 29.9. The van der Waals surface area contributed by atoms with Gasteiger partial charge in [-0.25, -0.2) is 4.39 Å². The lowest BCUT2D eigenvalue weighted by molar-refractivity contribution is -0.119. The second kappa shape index (κ2) is 10.2. The summed E-state index contributed by atoms with van der Waals surface area (Å²) in [6, 6.07) is 14.1. The van der Waals surface area contributed by atoms with E-state index in [1.807, 2.05) is 30.5 Å². The molecule has 0 saturated heterocycles. The second-order valence-electron chi connectivity index (χ2n) is 8.02. The van der Waals surface area contributed by atoms with E-state index in [2.05, 4.69) is 5.32 Å². The van der Waals surface area contributed by atoms with Crippen molar-refractivity contribution in [2.24, 2.45) is 0 Å². The zero-order chi connectivity index (χ0) is 25.3. The zero-order valence-electron chi connectivity index (χ0n) is 19.6. The fourth-order valence-corrected chi connectivity index (χ4v) is 4.97. The van der Waals surface area contributed by atoms with Crippen molar-refractivity contribution in [1.29, 1.82) is 0 Å². The molecule has 0 unspecified atom stereocenters. The van der Waals surface area contributed by atoms with Crippen LogP contribution in [-0.4, -0.2) is 44.2 Å². The number of carbonyl (C=O) groups excluding carboxylic acids is 2. The molecule has 3 aromatic rings. The number of nitrogens with one attached hydrogen (secondary N) is 1. The predicted octanol–water partition coefficient (Wildman–Crippen LogP) is 5.77. The third-order valence-electron chi connectivity index (χ3n) is 6.10. The number of benzene rings is 3. The standard InChI is InChI=1S/C26H24ClFN2O4S/c1-30-24(14-5-8-16(35-4)9-6-14)23(25(31)29-20-10-7-15(28)11-19(20)27)17-12-21(33-2)22(34-3)13-18(17)26(30)32/h5-13,23-24H,1-4H3,(H,29,31)/t23-,24-/m0/s1. The van der Waals surface area contributed by atoms with E-state index in [4.69, 9.17) is 21.1 Å². The third kappa shape index (κ3) is 4.68. The molecule has 182 valence electrons. The first kappa shape index (κ1) is 24.9. The van der Waals surface area contributed by atoms with E-state index >= 15 is 0 Å². The molecule has 1 aliphatic heterocycles.